The maximum atomic E-state index is 5.91. The fourth-order valence-corrected chi connectivity index (χ4v) is 2.79. The van der Waals surface area contributed by atoms with Gasteiger partial charge in [-0.2, -0.15) is 0 Å². The maximum absolute atomic E-state index is 5.91. The first-order valence-corrected chi connectivity index (χ1v) is 9.01. The van der Waals surface area contributed by atoms with E-state index >= 15 is 0 Å². The molecule has 1 saturated heterocycles. The highest BCUT2D eigenvalue weighted by Gasteiger charge is 2.15. The van der Waals surface area contributed by atoms with Crippen molar-refractivity contribution in [3.8, 4) is 11.5 Å². The van der Waals surface area contributed by atoms with E-state index in [0.29, 0.717) is 6.61 Å². The minimum absolute atomic E-state index is 0.0816. The fraction of sp³-hybridized carbons (Fsp3) is 0.429. The zero-order valence-corrected chi connectivity index (χ0v) is 15.0. The van der Waals surface area contributed by atoms with Crippen LogP contribution in [0.3, 0.4) is 0 Å². The summed E-state index contributed by atoms with van der Waals surface area (Å²) >= 11 is 0. The number of hydrogen-bond acceptors (Lipinski definition) is 4. The molecule has 25 heavy (non-hydrogen) atoms. The van der Waals surface area contributed by atoms with Gasteiger partial charge in [0.15, 0.2) is 0 Å². The van der Waals surface area contributed by atoms with E-state index in [1.54, 1.807) is 0 Å². The fourth-order valence-electron chi connectivity index (χ4n) is 2.79. The van der Waals surface area contributed by atoms with Gasteiger partial charge in [0.2, 0.25) is 0 Å². The maximum Gasteiger partial charge on any atom is 0.119 e. The Bertz CT molecular complexity index is 633. The lowest BCUT2D eigenvalue weighted by Crippen LogP contribution is -2.22. The van der Waals surface area contributed by atoms with E-state index in [1.165, 1.54) is 5.56 Å². The molecule has 1 heterocycles. The van der Waals surface area contributed by atoms with Crippen LogP contribution < -0.4 is 14.8 Å². The molecule has 1 aliphatic rings. The minimum atomic E-state index is 0.0816. The van der Waals surface area contributed by atoms with Gasteiger partial charge in [-0.25, -0.2) is 0 Å². The molecule has 0 saturated carbocycles. The summed E-state index contributed by atoms with van der Waals surface area (Å²) in [5, 5.41) is 3.40. The van der Waals surface area contributed by atoms with Crippen LogP contribution in [0.1, 0.15) is 25.3 Å². The molecule has 0 bridgehead atoms. The molecule has 3 rings (SSSR count). The first-order valence-electron chi connectivity index (χ1n) is 9.01. The summed E-state index contributed by atoms with van der Waals surface area (Å²) in [5.74, 6) is 1.78. The van der Waals surface area contributed by atoms with E-state index in [2.05, 4.69) is 31.3 Å². The Balaban J connectivity index is 1.40. The Morgan fingerprint density at radius 1 is 1.08 bits per heavy atom. The highest BCUT2D eigenvalue weighted by atomic mass is 16.5. The number of anilines is 1. The van der Waals surface area contributed by atoms with Gasteiger partial charge in [-0.05, 0) is 63.1 Å². The molecule has 0 amide bonds. The number of rotatable bonds is 8. The summed E-state index contributed by atoms with van der Waals surface area (Å²) in [7, 11) is 0. The third kappa shape index (κ3) is 5.68. The Labute approximate surface area is 150 Å². The highest BCUT2D eigenvalue weighted by Crippen LogP contribution is 2.19. The van der Waals surface area contributed by atoms with Crippen molar-refractivity contribution in [3.05, 3.63) is 54.1 Å². The Morgan fingerprint density at radius 3 is 2.48 bits per heavy atom. The summed E-state index contributed by atoms with van der Waals surface area (Å²) in [4.78, 5) is 0. The molecule has 1 N–H and O–H groups in total. The third-order valence-corrected chi connectivity index (χ3v) is 4.27. The van der Waals surface area contributed by atoms with E-state index in [1.807, 2.05) is 36.4 Å². The molecule has 4 heteroatoms. The second-order valence-corrected chi connectivity index (χ2v) is 6.59. The van der Waals surface area contributed by atoms with E-state index in [-0.39, 0.29) is 12.2 Å². The molecule has 2 atom stereocenters. The van der Waals surface area contributed by atoms with Crippen LogP contribution in [0, 0.1) is 6.92 Å². The van der Waals surface area contributed by atoms with Crippen molar-refractivity contribution in [2.45, 2.75) is 38.9 Å². The summed E-state index contributed by atoms with van der Waals surface area (Å²) in [6, 6.07) is 16.2. The third-order valence-electron chi connectivity index (χ3n) is 4.27. The van der Waals surface area contributed by atoms with Crippen molar-refractivity contribution in [2.75, 3.05) is 25.1 Å². The lowest BCUT2D eigenvalue weighted by molar-refractivity contribution is 0.0679. The lowest BCUT2D eigenvalue weighted by Gasteiger charge is -2.17. The molecular weight excluding hydrogens is 314 g/mol. The molecule has 0 spiro atoms. The molecule has 134 valence electrons. The van der Waals surface area contributed by atoms with Gasteiger partial charge in [0.05, 0.1) is 12.6 Å². The molecule has 0 aromatic heterocycles. The van der Waals surface area contributed by atoms with Gasteiger partial charge in [0.1, 0.15) is 24.2 Å². The van der Waals surface area contributed by atoms with Gasteiger partial charge in [-0.15, -0.1) is 0 Å². The SMILES string of the molecule is Cc1ccc(OC(C)CNc2ccc(OCC3CCCO3)cc2)cc1. The van der Waals surface area contributed by atoms with Gasteiger partial charge >= 0.3 is 0 Å². The predicted molar refractivity (Wildman–Crippen MR) is 101 cm³/mol. The normalized spacial score (nSPS) is 17.9. The molecule has 1 fully saturated rings. The van der Waals surface area contributed by atoms with E-state index < -0.39 is 0 Å². The average Bonchev–Trinajstić information content (AvgIpc) is 3.15. The lowest BCUT2D eigenvalue weighted by atomic mass is 10.2. The van der Waals surface area contributed by atoms with Gasteiger partial charge in [0.25, 0.3) is 0 Å². The number of ether oxygens (including phenoxy) is 3. The van der Waals surface area contributed by atoms with Crippen molar-refractivity contribution in [1.82, 2.24) is 0 Å². The summed E-state index contributed by atoms with van der Waals surface area (Å²) in [6.45, 7) is 6.37. The number of nitrogens with one attached hydrogen (secondary N) is 1. The Morgan fingerprint density at radius 2 is 1.80 bits per heavy atom. The molecule has 1 aliphatic heterocycles. The van der Waals surface area contributed by atoms with Crippen LogP contribution in [0.4, 0.5) is 5.69 Å². The van der Waals surface area contributed by atoms with Gasteiger partial charge in [-0.3, -0.25) is 0 Å². The molecule has 4 nitrogen and oxygen atoms in total. The van der Waals surface area contributed by atoms with Crippen LogP contribution >= 0.6 is 0 Å². The van der Waals surface area contributed by atoms with Crippen LogP contribution in [0.15, 0.2) is 48.5 Å². The predicted octanol–water partition coefficient (Wildman–Crippen LogP) is 4.43. The summed E-state index contributed by atoms with van der Waals surface area (Å²) in [6.07, 6.45) is 2.56. The Kier molecular flexibility index (Phi) is 6.18. The topological polar surface area (TPSA) is 39.7 Å². The largest absolute Gasteiger partial charge is 0.491 e. The van der Waals surface area contributed by atoms with Crippen molar-refractivity contribution < 1.29 is 14.2 Å². The van der Waals surface area contributed by atoms with E-state index in [4.69, 9.17) is 14.2 Å². The summed E-state index contributed by atoms with van der Waals surface area (Å²) < 4.78 is 17.3. The van der Waals surface area contributed by atoms with Crippen LogP contribution in [-0.4, -0.2) is 32.0 Å². The van der Waals surface area contributed by atoms with Crippen molar-refractivity contribution in [3.63, 3.8) is 0 Å². The molecule has 2 aromatic rings. The highest BCUT2D eigenvalue weighted by molar-refractivity contribution is 5.46. The molecule has 0 aliphatic carbocycles. The number of benzene rings is 2. The van der Waals surface area contributed by atoms with Gasteiger partial charge in [0, 0.05) is 12.3 Å². The van der Waals surface area contributed by atoms with Crippen LogP contribution in [0.2, 0.25) is 0 Å². The monoisotopic (exact) mass is 341 g/mol. The molecular formula is C21H27NO3. The minimum Gasteiger partial charge on any atom is -0.491 e. The van der Waals surface area contributed by atoms with Gasteiger partial charge in [-0.1, -0.05) is 17.7 Å². The van der Waals surface area contributed by atoms with E-state index in [9.17, 15) is 0 Å². The Hall–Kier alpha value is -2.20. The van der Waals surface area contributed by atoms with Crippen LogP contribution in [-0.2, 0) is 4.74 Å². The molecule has 0 radical (unpaired) electrons. The van der Waals surface area contributed by atoms with Crippen LogP contribution in [0.5, 0.6) is 11.5 Å². The quantitative estimate of drug-likeness (QED) is 0.771. The summed E-state index contributed by atoms with van der Waals surface area (Å²) in [5.41, 5.74) is 2.30. The van der Waals surface area contributed by atoms with Crippen LogP contribution in [0.25, 0.3) is 0 Å². The second kappa shape index (κ2) is 8.77. The zero-order chi connectivity index (χ0) is 17.5. The second-order valence-electron chi connectivity index (χ2n) is 6.59. The van der Waals surface area contributed by atoms with Crippen molar-refractivity contribution in [1.29, 1.82) is 0 Å². The van der Waals surface area contributed by atoms with Crippen molar-refractivity contribution >= 4 is 5.69 Å². The standard InChI is InChI=1S/C21H27NO3/c1-16-5-9-20(10-6-16)25-17(2)14-22-18-7-11-19(12-8-18)24-15-21-4-3-13-23-21/h5-12,17,21-22H,3-4,13-15H2,1-2H3. The number of aryl methyl sites for hydroxylation is 1. The first kappa shape index (κ1) is 17.6. The molecule has 2 aromatic carbocycles. The van der Waals surface area contributed by atoms with Crippen molar-refractivity contribution in [2.24, 2.45) is 0 Å². The zero-order valence-electron chi connectivity index (χ0n) is 15.0. The molecule has 2 unspecified atom stereocenters. The average molecular weight is 341 g/mol. The number of hydrogen-bond donors (Lipinski definition) is 1. The first-order chi connectivity index (χ1) is 12.2. The van der Waals surface area contributed by atoms with E-state index in [0.717, 1.165) is 43.2 Å². The smallest absolute Gasteiger partial charge is 0.119 e. The van der Waals surface area contributed by atoms with Gasteiger partial charge < -0.3 is 19.5 Å².